The van der Waals surface area contributed by atoms with Gasteiger partial charge in [0.1, 0.15) is 0 Å². The van der Waals surface area contributed by atoms with Gasteiger partial charge in [-0.25, -0.2) is 0 Å². The van der Waals surface area contributed by atoms with Gasteiger partial charge in [0.25, 0.3) is 0 Å². The Balaban J connectivity index is 2.30. The molecule has 0 bridgehead atoms. The summed E-state index contributed by atoms with van der Waals surface area (Å²) >= 11 is 0. The molecule has 0 saturated carbocycles. The molecule has 0 N–H and O–H groups in total. The van der Waals surface area contributed by atoms with Crippen molar-refractivity contribution in [1.82, 2.24) is 0 Å². The van der Waals surface area contributed by atoms with Gasteiger partial charge in [-0.15, -0.1) is 13.2 Å². The van der Waals surface area contributed by atoms with Gasteiger partial charge in [-0.3, -0.25) is 0 Å². The molecule has 9 heteroatoms. The Morgan fingerprint density at radius 2 is 0.842 bits per heavy atom. The van der Waals surface area contributed by atoms with Gasteiger partial charge < -0.3 is 16.5 Å². The third-order valence-corrected chi connectivity index (χ3v) is 25.4. The Kier molecular flexibility index (Phi) is 9.72. The molecule has 0 aliphatic carbocycles. The zero-order valence-electron chi connectivity index (χ0n) is 23.9. The van der Waals surface area contributed by atoms with E-state index in [2.05, 4.69) is 120 Å². The molecule has 0 aliphatic heterocycles. The average Bonchev–Trinajstić information content (AvgIpc) is 2.89. The van der Waals surface area contributed by atoms with Crippen LogP contribution in [0, 0.1) is 0 Å². The predicted octanol–water partition coefficient (Wildman–Crippen LogP) is 5.85. The van der Waals surface area contributed by atoms with Crippen molar-refractivity contribution >= 4 is 57.9 Å². The van der Waals surface area contributed by atoms with Crippen LogP contribution in [-0.4, -0.2) is 42.3 Å². The number of hydrogen-bond acceptors (Lipinski definition) is 4. The molecule has 0 saturated heterocycles. The van der Waals surface area contributed by atoms with Crippen LogP contribution in [-0.2, 0) is 16.5 Å². The quantitative estimate of drug-likeness (QED) is 0.233. The van der Waals surface area contributed by atoms with Crippen molar-refractivity contribution in [3.05, 3.63) is 116 Å². The van der Waals surface area contributed by atoms with Gasteiger partial charge in [0.15, 0.2) is 16.6 Å². The standard InChI is InChI=1S/C29H42O4Si5/c1-10-34(3,4)30-36(7,8)32-38(28-23-17-13-18-24-28,29-25-19-14-20-26-29)33-37(9,31-35(5,6)11-2)27-21-15-12-16-22-27/h10-26H,1-2H2,3-9H3. The number of hydrogen-bond donors (Lipinski definition) is 0. The van der Waals surface area contributed by atoms with Gasteiger partial charge in [0.2, 0.25) is 0 Å². The molecule has 38 heavy (non-hydrogen) atoms. The summed E-state index contributed by atoms with van der Waals surface area (Å²) in [6.07, 6.45) is 0. The average molecular weight is 595 g/mol. The largest absolute Gasteiger partial charge is 0.433 e. The predicted molar refractivity (Wildman–Crippen MR) is 173 cm³/mol. The highest BCUT2D eigenvalue weighted by Gasteiger charge is 2.55. The van der Waals surface area contributed by atoms with E-state index < -0.39 is 42.3 Å². The van der Waals surface area contributed by atoms with Crippen LogP contribution in [0.2, 0.25) is 45.8 Å². The molecule has 0 radical (unpaired) electrons. The van der Waals surface area contributed by atoms with Crippen LogP contribution >= 0.6 is 0 Å². The van der Waals surface area contributed by atoms with Crippen LogP contribution < -0.4 is 15.6 Å². The molecule has 1 unspecified atom stereocenters. The van der Waals surface area contributed by atoms with Crippen LogP contribution in [0.5, 0.6) is 0 Å². The molecule has 3 aromatic carbocycles. The molecule has 0 amide bonds. The molecule has 202 valence electrons. The zero-order chi connectivity index (χ0) is 28.1. The highest BCUT2D eigenvalue weighted by Crippen LogP contribution is 2.27. The van der Waals surface area contributed by atoms with Gasteiger partial charge in [0, 0.05) is 0 Å². The van der Waals surface area contributed by atoms with Gasteiger partial charge in [-0.2, -0.15) is 0 Å². The molecule has 0 spiro atoms. The molecule has 3 rings (SSSR count). The van der Waals surface area contributed by atoms with E-state index in [1.54, 1.807) is 0 Å². The van der Waals surface area contributed by atoms with Gasteiger partial charge in [-0.05, 0) is 61.4 Å². The van der Waals surface area contributed by atoms with Crippen LogP contribution in [0.4, 0.5) is 0 Å². The van der Waals surface area contributed by atoms with E-state index in [1.165, 1.54) is 0 Å². The van der Waals surface area contributed by atoms with E-state index in [1.807, 2.05) is 41.7 Å². The van der Waals surface area contributed by atoms with Gasteiger partial charge in [-0.1, -0.05) is 102 Å². The number of benzene rings is 3. The summed E-state index contributed by atoms with van der Waals surface area (Å²) in [5.74, 6) is 0. The molecule has 0 heterocycles. The first-order chi connectivity index (χ1) is 17.8. The maximum absolute atomic E-state index is 7.57. The van der Waals surface area contributed by atoms with Crippen molar-refractivity contribution in [3.63, 3.8) is 0 Å². The fourth-order valence-electron chi connectivity index (χ4n) is 4.48. The molecule has 0 aromatic heterocycles. The van der Waals surface area contributed by atoms with E-state index in [9.17, 15) is 0 Å². The summed E-state index contributed by atoms with van der Waals surface area (Å²) < 4.78 is 28.8. The van der Waals surface area contributed by atoms with Crippen LogP contribution in [0.3, 0.4) is 0 Å². The minimum atomic E-state index is -3.38. The van der Waals surface area contributed by atoms with Crippen molar-refractivity contribution in [2.24, 2.45) is 0 Å². The lowest BCUT2D eigenvalue weighted by atomic mass is 10.4. The third kappa shape index (κ3) is 7.59. The summed E-state index contributed by atoms with van der Waals surface area (Å²) in [5, 5.41) is 3.13. The Bertz CT molecular complexity index is 1160. The fourth-order valence-corrected chi connectivity index (χ4v) is 26.0. The highest BCUT2D eigenvalue weighted by molar-refractivity contribution is 7.05. The monoisotopic (exact) mass is 594 g/mol. The first kappa shape index (κ1) is 30.6. The molecule has 0 aliphatic rings. The molecule has 0 fully saturated rings. The van der Waals surface area contributed by atoms with Crippen molar-refractivity contribution in [2.45, 2.75) is 45.8 Å². The summed E-state index contributed by atoms with van der Waals surface area (Å²) in [5.41, 5.74) is 3.93. The minimum absolute atomic E-state index is 1.03. The van der Waals surface area contributed by atoms with E-state index in [4.69, 9.17) is 16.5 Å². The molecule has 4 nitrogen and oxygen atoms in total. The maximum atomic E-state index is 7.57. The Hall–Kier alpha value is -1.94. The fraction of sp³-hybridized carbons (Fsp3) is 0.241. The first-order valence-corrected chi connectivity index (χ1v) is 25.9. The maximum Gasteiger partial charge on any atom is 0.389 e. The lowest BCUT2D eigenvalue weighted by molar-refractivity contribution is 0.316. The van der Waals surface area contributed by atoms with E-state index >= 15 is 0 Å². The second-order valence-electron chi connectivity index (χ2n) is 11.1. The Morgan fingerprint density at radius 3 is 1.24 bits per heavy atom. The van der Waals surface area contributed by atoms with Crippen LogP contribution in [0.1, 0.15) is 0 Å². The van der Waals surface area contributed by atoms with Gasteiger partial charge in [0.05, 0.1) is 0 Å². The van der Waals surface area contributed by atoms with E-state index in [0.717, 1.165) is 15.6 Å². The summed E-state index contributed by atoms with van der Waals surface area (Å²) in [4.78, 5) is 0. The summed E-state index contributed by atoms with van der Waals surface area (Å²) in [6.45, 7) is 23.1. The molecular formula is C29H42O4Si5. The second kappa shape index (κ2) is 12.1. The SMILES string of the molecule is C=C[Si](C)(C)O[Si](C)(C)O[Si](O[Si](C)(O[Si](C)(C)C=C)c1ccccc1)(c1ccccc1)c1ccccc1. The lowest BCUT2D eigenvalue weighted by Gasteiger charge is -2.45. The van der Waals surface area contributed by atoms with Crippen molar-refractivity contribution in [2.75, 3.05) is 0 Å². The minimum Gasteiger partial charge on any atom is -0.433 e. The highest BCUT2D eigenvalue weighted by atomic mass is 28.5. The van der Waals surface area contributed by atoms with Crippen molar-refractivity contribution in [3.8, 4) is 0 Å². The van der Waals surface area contributed by atoms with E-state index in [0.29, 0.717) is 0 Å². The molecule has 1 atom stereocenters. The van der Waals surface area contributed by atoms with E-state index in [-0.39, 0.29) is 0 Å². The van der Waals surface area contributed by atoms with Crippen LogP contribution in [0.15, 0.2) is 116 Å². The van der Waals surface area contributed by atoms with Gasteiger partial charge >= 0.3 is 25.7 Å². The lowest BCUT2D eigenvalue weighted by Crippen LogP contribution is -2.74. The second-order valence-corrected chi connectivity index (χ2v) is 29.2. The van der Waals surface area contributed by atoms with Crippen molar-refractivity contribution < 1.29 is 16.5 Å². The molecule has 3 aromatic rings. The summed E-state index contributed by atoms with van der Waals surface area (Å²) in [6, 6.07) is 31.1. The number of rotatable bonds is 13. The Labute approximate surface area is 235 Å². The molecular weight excluding hydrogens is 553 g/mol. The first-order valence-electron chi connectivity index (χ1n) is 13.0. The summed E-state index contributed by atoms with van der Waals surface area (Å²) in [7, 11) is -13.6. The Morgan fingerprint density at radius 1 is 0.474 bits per heavy atom. The third-order valence-electron chi connectivity index (χ3n) is 6.28. The van der Waals surface area contributed by atoms with Crippen molar-refractivity contribution in [1.29, 1.82) is 0 Å². The zero-order valence-corrected chi connectivity index (χ0v) is 28.9. The normalized spacial score (nSPS) is 14.5. The topological polar surface area (TPSA) is 36.9 Å². The smallest absolute Gasteiger partial charge is 0.389 e. The van der Waals surface area contributed by atoms with Crippen LogP contribution in [0.25, 0.3) is 0 Å².